The maximum atomic E-state index is 13.4. The number of aliphatic hydroxyl groups is 2. The number of rotatable bonds is 11. The Hall–Kier alpha value is -2.26. The third-order valence-corrected chi connectivity index (χ3v) is 10.0. The molecule has 10 atom stereocenters. The van der Waals surface area contributed by atoms with Gasteiger partial charge in [-0.1, -0.05) is 58.4 Å². The fourth-order valence-corrected chi connectivity index (χ4v) is 7.47. The lowest BCUT2D eigenvalue weighted by atomic mass is 9.65. The highest BCUT2D eigenvalue weighted by molar-refractivity contribution is 6.20. The number of ketones is 1. The molecular formula is C34H50O8. The molecule has 3 aliphatic heterocycles. The first-order valence-electron chi connectivity index (χ1n) is 15.8. The average Bonchev–Trinajstić information content (AvgIpc) is 3.54. The molecule has 1 aliphatic carbocycles. The fourth-order valence-electron chi connectivity index (χ4n) is 7.47. The zero-order valence-electron chi connectivity index (χ0n) is 25.9. The highest BCUT2D eigenvalue weighted by atomic mass is 16.6. The van der Waals surface area contributed by atoms with E-state index in [1.807, 2.05) is 13.8 Å². The van der Waals surface area contributed by atoms with Crippen LogP contribution >= 0.6 is 0 Å². The van der Waals surface area contributed by atoms with E-state index in [-0.39, 0.29) is 72.1 Å². The number of methoxy groups -OCH3 is 1. The molecule has 0 bridgehead atoms. The SMILES string of the molecule is C=C1OC(=O)C(C(=O)[C@H](C)[C@H]2[C@H](/C=C(\CO)[C@H]3O[C@@H](/C=C/C[C@@H]4CC[C@H]([C@@H](C)OC)O4)CC[C@@H]3C)CCC[C@@H]2C)=C1O. The lowest BCUT2D eigenvalue weighted by molar-refractivity contribution is -0.136. The summed E-state index contributed by atoms with van der Waals surface area (Å²) in [6.07, 6.45) is 14.3. The summed E-state index contributed by atoms with van der Waals surface area (Å²) < 4.78 is 23.1. The van der Waals surface area contributed by atoms with Gasteiger partial charge in [-0.15, -0.1) is 0 Å². The summed E-state index contributed by atoms with van der Waals surface area (Å²) >= 11 is 0. The lowest BCUT2D eigenvalue weighted by Crippen LogP contribution is -2.38. The minimum atomic E-state index is -0.840. The van der Waals surface area contributed by atoms with Gasteiger partial charge in [0.15, 0.2) is 17.3 Å². The Morgan fingerprint density at radius 2 is 1.86 bits per heavy atom. The van der Waals surface area contributed by atoms with Crippen molar-refractivity contribution in [1.29, 1.82) is 0 Å². The molecule has 2 N–H and O–H groups in total. The Labute approximate surface area is 250 Å². The van der Waals surface area contributed by atoms with Crippen molar-refractivity contribution in [2.45, 2.75) is 110 Å². The second-order valence-corrected chi connectivity index (χ2v) is 12.9. The van der Waals surface area contributed by atoms with Gasteiger partial charge in [-0.25, -0.2) is 4.79 Å². The van der Waals surface area contributed by atoms with Gasteiger partial charge in [0.25, 0.3) is 0 Å². The van der Waals surface area contributed by atoms with Crippen molar-refractivity contribution in [1.82, 2.24) is 0 Å². The largest absolute Gasteiger partial charge is 0.504 e. The van der Waals surface area contributed by atoms with Crippen LogP contribution in [0.3, 0.4) is 0 Å². The monoisotopic (exact) mass is 586 g/mol. The highest BCUT2D eigenvalue weighted by Crippen LogP contribution is 2.43. The van der Waals surface area contributed by atoms with Gasteiger partial charge in [-0.2, -0.15) is 0 Å². The number of esters is 1. The summed E-state index contributed by atoms with van der Waals surface area (Å²) in [4.78, 5) is 25.7. The molecule has 0 aromatic carbocycles. The predicted molar refractivity (Wildman–Crippen MR) is 159 cm³/mol. The van der Waals surface area contributed by atoms with Crippen LogP contribution in [0.2, 0.25) is 0 Å². The van der Waals surface area contributed by atoms with Crippen LogP contribution in [-0.4, -0.2) is 66.2 Å². The third kappa shape index (κ3) is 7.26. The minimum Gasteiger partial charge on any atom is -0.504 e. The molecular weight excluding hydrogens is 536 g/mol. The molecule has 2 saturated heterocycles. The quantitative estimate of drug-likeness (QED) is 0.179. The smallest absolute Gasteiger partial charge is 0.351 e. The molecule has 4 rings (SSSR count). The first-order valence-corrected chi connectivity index (χ1v) is 15.8. The van der Waals surface area contributed by atoms with E-state index in [0.29, 0.717) is 0 Å². The van der Waals surface area contributed by atoms with Crippen LogP contribution in [0, 0.1) is 29.6 Å². The third-order valence-electron chi connectivity index (χ3n) is 10.0. The van der Waals surface area contributed by atoms with Gasteiger partial charge in [-0.05, 0) is 74.7 Å². The van der Waals surface area contributed by atoms with Crippen molar-refractivity contribution in [2.24, 2.45) is 29.6 Å². The zero-order chi connectivity index (χ0) is 30.6. The summed E-state index contributed by atoms with van der Waals surface area (Å²) in [5.41, 5.74) is 0.552. The van der Waals surface area contributed by atoms with Crippen molar-refractivity contribution >= 4 is 11.8 Å². The standard InChI is InChI=1S/C34H50O8/c1-19-9-7-10-24(29(19)21(3)31(36)30-32(37)23(5)40-34(30)38)17-25(18-35)33-20(2)13-14-27(42-33)12-8-11-26-15-16-28(41-26)22(4)39-6/h8,12,17,19-22,24,26-29,33,35,37H,5,7,9-11,13-16,18H2,1-4,6H3/b12-8+,25-17+/t19-,20-,21+,22+,24-,26+,27-,28+,29-,33-/m0/s1. The number of cyclic esters (lactones) is 1. The van der Waals surface area contributed by atoms with Gasteiger partial charge in [0.1, 0.15) is 5.57 Å². The molecule has 0 spiro atoms. The highest BCUT2D eigenvalue weighted by Gasteiger charge is 2.43. The predicted octanol–water partition coefficient (Wildman–Crippen LogP) is 5.76. The van der Waals surface area contributed by atoms with E-state index in [1.54, 1.807) is 7.11 Å². The first-order chi connectivity index (χ1) is 20.0. The maximum Gasteiger partial charge on any atom is 0.351 e. The Bertz CT molecular complexity index is 1090. The maximum absolute atomic E-state index is 13.4. The van der Waals surface area contributed by atoms with Gasteiger partial charge in [-0.3, -0.25) is 4.79 Å². The molecule has 8 nitrogen and oxygen atoms in total. The molecule has 0 radical (unpaired) electrons. The van der Waals surface area contributed by atoms with Gasteiger partial charge in [0, 0.05) is 13.0 Å². The van der Waals surface area contributed by atoms with E-state index in [2.05, 4.69) is 38.7 Å². The normalized spacial score (nSPS) is 36.0. The van der Waals surface area contributed by atoms with Gasteiger partial charge >= 0.3 is 5.97 Å². The Balaban J connectivity index is 1.44. The lowest BCUT2D eigenvalue weighted by Gasteiger charge is -2.40. The number of hydrogen-bond acceptors (Lipinski definition) is 8. The van der Waals surface area contributed by atoms with Crippen LogP contribution in [0.15, 0.2) is 47.5 Å². The van der Waals surface area contributed by atoms with E-state index in [0.717, 1.165) is 56.9 Å². The van der Waals surface area contributed by atoms with Crippen molar-refractivity contribution < 1.29 is 38.7 Å². The number of allylic oxidation sites excluding steroid dienone is 1. The van der Waals surface area contributed by atoms with E-state index >= 15 is 0 Å². The molecule has 42 heavy (non-hydrogen) atoms. The van der Waals surface area contributed by atoms with Crippen molar-refractivity contribution in [3.05, 3.63) is 47.5 Å². The van der Waals surface area contributed by atoms with Crippen LogP contribution in [-0.2, 0) is 28.5 Å². The first kappa shape index (κ1) is 32.6. The van der Waals surface area contributed by atoms with E-state index in [9.17, 15) is 19.8 Å². The fraction of sp³-hybridized carbons (Fsp3) is 0.706. The molecule has 1 saturated carbocycles. The second-order valence-electron chi connectivity index (χ2n) is 12.9. The van der Waals surface area contributed by atoms with Crippen molar-refractivity contribution in [2.75, 3.05) is 13.7 Å². The number of carbonyl (C=O) groups is 2. The van der Waals surface area contributed by atoms with Crippen LogP contribution < -0.4 is 0 Å². The van der Waals surface area contributed by atoms with Crippen LogP contribution in [0.4, 0.5) is 0 Å². The molecule has 0 amide bonds. The number of ether oxygens (including phenoxy) is 4. The molecule has 0 aromatic rings. The Morgan fingerprint density at radius 1 is 1.10 bits per heavy atom. The van der Waals surface area contributed by atoms with Crippen LogP contribution in [0.1, 0.15) is 79.1 Å². The van der Waals surface area contributed by atoms with E-state index in [1.165, 1.54) is 0 Å². The van der Waals surface area contributed by atoms with Crippen LogP contribution in [0.5, 0.6) is 0 Å². The summed E-state index contributed by atoms with van der Waals surface area (Å²) in [6, 6.07) is 0. The summed E-state index contributed by atoms with van der Waals surface area (Å²) in [7, 11) is 1.72. The van der Waals surface area contributed by atoms with Gasteiger partial charge in [0.2, 0.25) is 0 Å². The molecule has 0 unspecified atom stereocenters. The second kappa shape index (κ2) is 14.5. The molecule has 0 aromatic heterocycles. The molecule has 3 heterocycles. The Kier molecular flexibility index (Phi) is 11.3. The molecule has 234 valence electrons. The Morgan fingerprint density at radius 3 is 2.52 bits per heavy atom. The van der Waals surface area contributed by atoms with Crippen molar-refractivity contribution in [3.8, 4) is 0 Å². The zero-order valence-corrected chi connectivity index (χ0v) is 25.9. The summed E-state index contributed by atoms with van der Waals surface area (Å²) in [5, 5.41) is 20.8. The molecule has 4 aliphatic rings. The topological polar surface area (TPSA) is 112 Å². The van der Waals surface area contributed by atoms with E-state index < -0.39 is 23.4 Å². The molecule has 3 fully saturated rings. The number of aliphatic hydroxyl groups excluding tert-OH is 2. The minimum absolute atomic E-state index is 0.0331. The van der Waals surface area contributed by atoms with Gasteiger partial charge in [0.05, 0.1) is 37.1 Å². The van der Waals surface area contributed by atoms with Crippen LogP contribution in [0.25, 0.3) is 0 Å². The van der Waals surface area contributed by atoms with E-state index in [4.69, 9.17) is 18.9 Å². The average molecular weight is 587 g/mol. The number of carbonyl (C=O) groups excluding carboxylic acids is 2. The number of Topliss-reactive ketones (excluding diaryl/α,β-unsaturated/α-hetero) is 1. The summed E-state index contributed by atoms with van der Waals surface area (Å²) in [6.45, 7) is 11.6. The van der Waals surface area contributed by atoms with Gasteiger partial charge < -0.3 is 29.2 Å². The van der Waals surface area contributed by atoms with Crippen molar-refractivity contribution in [3.63, 3.8) is 0 Å². The molecule has 8 heteroatoms. The number of hydrogen-bond donors (Lipinski definition) is 2. The summed E-state index contributed by atoms with van der Waals surface area (Å²) in [5.74, 6) is -1.95.